The van der Waals surface area contributed by atoms with Gasteiger partial charge in [0.05, 0.1) is 7.11 Å². The predicted molar refractivity (Wildman–Crippen MR) is 137 cm³/mol. The second-order valence-corrected chi connectivity index (χ2v) is 9.24. The van der Waals surface area contributed by atoms with Crippen LogP contribution in [0.4, 0.5) is 5.69 Å². The fourth-order valence-electron chi connectivity index (χ4n) is 4.28. The molecule has 3 aromatic rings. The Kier molecular flexibility index (Phi) is 7.86. The van der Waals surface area contributed by atoms with E-state index in [1.54, 1.807) is 7.11 Å². The van der Waals surface area contributed by atoms with Gasteiger partial charge in [-0.25, -0.2) is 0 Å². The largest absolute Gasteiger partial charge is 0.497 e. The molecule has 0 aliphatic carbocycles. The summed E-state index contributed by atoms with van der Waals surface area (Å²) in [6, 6.07) is 24.3. The summed E-state index contributed by atoms with van der Waals surface area (Å²) in [5.41, 5.74) is 3.51. The van der Waals surface area contributed by atoms with Gasteiger partial charge in [0.2, 0.25) is 5.91 Å². The molecule has 4 rings (SSSR count). The molecule has 5 nitrogen and oxygen atoms in total. The molecule has 178 valence electrons. The van der Waals surface area contributed by atoms with E-state index in [4.69, 9.17) is 9.47 Å². The highest BCUT2D eigenvalue weighted by atomic mass is 16.5. The average molecular weight is 459 g/mol. The Labute approximate surface area is 202 Å². The van der Waals surface area contributed by atoms with Crippen molar-refractivity contribution in [2.45, 2.75) is 39.2 Å². The van der Waals surface area contributed by atoms with Crippen molar-refractivity contribution in [3.63, 3.8) is 0 Å². The summed E-state index contributed by atoms with van der Waals surface area (Å²) in [6.45, 7) is 6.90. The molecule has 3 aromatic carbocycles. The van der Waals surface area contributed by atoms with Gasteiger partial charge in [0.15, 0.2) is 0 Å². The minimum absolute atomic E-state index is 0.0185. The molecule has 0 saturated carbocycles. The SMILES string of the molecule is COc1ccc(Oc2ccc(CN3CCC(c4cccc(NC(=O)C(C)C)c4)CC3)cc2)cc1. The number of methoxy groups -OCH3 is 1. The lowest BCUT2D eigenvalue weighted by atomic mass is 9.89. The van der Waals surface area contributed by atoms with Crippen LogP contribution in [0.15, 0.2) is 72.8 Å². The van der Waals surface area contributed by atoms with E-state index < -0.39 is 0 Å². The quantitative estimate of drug-likeness (QED) is 0.421. The summed E-state index contributed by atoms with van der Waals surface area (Å²) in [5, 5.41) is 3.02. The minimum atomic E-state index is -0.0185. The highest BCUT2D eigenvalue weighted by molar-refractivity contribution is 5.92. The lowest BCUT2D eigenvalue weighted by Gasteiger charge is -2.32. The molecule has 34 heavy (non-hydrogen) atoms. The zero-order chi connectivity index (χ0) is 23.9. The van der Waals surface area contributed by atoms with E-state index in [-0.39, 0.29) is 11.8 Å². The Hall–Kier alpha value is -3.31. The molecule has 0 unspecified atom stereocenters. The first-order chi connectivity index (χ1) is 16.5. The number of piperidine rings is 1. The van der Waals surface area contributed by atoms with Gasteiger partial charge in [-0.3, -0.25) is 9.69 Å². The maximum atomic E-state index is 12.0. The lowest BCUT2D eigenvalue weighted by Crippen LogP contribution is -2.32. The molecule has 0 bridgehead atoms. The standard InChI is InChI=1S/C29H34N2O3/c1-21(2)29(32)30-25-6-4-5-24(19-25)23-15-17-31(18-16-23)20-22-7-9-27(10-8-22)34-28-13-11-26(33-3)12-14-28/h4-14,19,21,23H,15-18,20H2,1-3H3,(H,30,32). The van der Waals surface area contributed by atoms with E-state index in [0.29, 0.717) is 5.92 Å². The molecule has 0 radical (unpaired) electrons. The third-order valence-corrected chi connectivity index (χ3v) is 6.36. The summed E-state index contributed by atoms with van der Waals surface area (Å²) in [5.74, 6) is 3.02. The van der Waals surface area contributed by atoms with E-state index in [1.165, 1.54) is 11.1 Å². The van der Waals surface area contributed by atoms with E-state index in [1.807, 2.05) is 62.4 Å². The average Bonchev–Trinajstić information content (AvgIpc) is 2.86. The predicted octanol–water partition coefficient (Wildman–Crippen LogP) is 6.46. The summed E-state index contributed by atoms with van der Waals surface area (Å²) in [6.07, 6.45) is 2.25. The van der Waals surface area contributed by atoms with Crippen LogP contribution in [0.5, 0.6) is 17.2 Å². The van der Waals surface area contributed by atoms with Crippen LogP contribution in [-0.2, 0) is 11.3 Å². The highest BCUT2D eigenvalue weighted by Crippen LogP contribution is 2.31. The first kappa shape index (κ1) is 23.8. The topological polar surface area (TPSA) is 50.8 Å². The molecule has 0 spiro atoms. The number of nitrogens with one attached hydrogen (secondary N) is 1. The second kappa shape index (κ2) is 11.2. The van der Waals surface area contributed by atoms with Crippen LogP contribution in [0.25, 0.3) is 0 Å². The first-order valence-electron chi connectivity index (χ1n) is 12.0. The molecule has 1 N–H and O–H groups in total. The lowest BCUT2D eigenvalue weighted by molar-refractivity contribution is -0.118. The van der Waals surface area contributed by atoms with E-state index in [2.05, 4.69) is 34.5 Å². The maximum Gasteiger partial charge on any atom is 0.226 e. The number of rotatable bonds is 8. The Balaban J connectivity index is 1.27. The van der Waals surface area contributed by atoms with E-state index in [0.717, 1.165) is 55.4 Å². The molecular formula is C29H34N2O3. The van der Waals surface area contributed by atoms with Crippen molar-refractivity contribution in [1.82, 2.24) is 4.90 Å². The van der Waals surface area contributed by atoms with Crippen LogP contribution in [0.2, 0.25) is 0 Å². The van der Waals surface area contributed by atoms with Crippen molar-refractivity contribution in [3.05, 3.63) is 83.9 Å². The number of anilines is 1. The van der Waals surface area contributed by atoms with Crippen molar-refractivity contribution < 1.29 is 14.3 Å². The Morgan fingerprint density at radius 1 is 0.941 bits per heavy atom. The van der Waals surface area contributed by atoms with Gasteiger partial charge in [0.1, 0.15) is 17.2 Å². The fraction of sp³-hybridized carbons (Fsp3) is 0.345. The number of carbonyl (C=O) groups excluding carboxylic acids is 1. The van der Waals surface area contributed by atoms with Crippen LogP contribution in [0.1, 0.15) is 43.7 Å². The summed E-state index contributed by atoms with van der Waals surface area (Å²) >= 11 is 0. The van der Waals surface area contributed by atoms with Crippen LogP contribution in [0.3, 0.4) is 0 Å². The molecule has 1 heterocycles. The number of amides is 1. The van der Waals surface area contributed by atoms with Crippen LogP contribution < -0.4 is 14.8 Å². The van der Waals surface area contributed by atoms with Gasteiger partial charge in [-0.15, -0.1) is 0 Å². The van der Waals surface area contributed by atoms with Crippen LogP contribution in [0, 0.1) is 5.92 Å². The van der Waals surface area contributed by atoms with Crippen molar-refractivity contribution in [1.29, 1.82) is 0 Å². The second-order valence-electron chi connectivity index (χ2n) is 9.24. The monoisotopic (exact) mass is 458 g/mol. The number of likely N-dealkylation sites (tertiary alicyclic amines) is 1. The zero-order valence-electron chi connectivity index (χ0n) is 20.3. The Bertz CT molecular complexity index is 1070. The first-order valence-corrected chi connectivity index (χ1v) is 12.0. The van der Waals surface area contributed by atoms with Crippen LogP contribution >= 0.6 is 0 Å². The van der Waals surface area contributed by atoms with Gasteiger partial charge in [-0.05, 0) is 91.5 Å². The fourth-order valence-corrected chi connectivity index (χ4v) is 4.28. The summed E-state index contributed by atoms with van der Waals surface area (Å²) in [7, 11) is 1.66. The summed E-state index contributed by atoms with van der Waals surface area (Å²) in [4.78, 5) is 14.5. The van der Waals surface area contributed by atoms with E-state index in [9.17, 15) is 4.79 Å². The molecule has 1 saturated heterocycles. The van der Waals surface area contributed by atoms with Gasteiger partial charge in [-0.1, -0.05) is 38.1 Å². The van der Waals surface area contributed by atoms with Crippen molar-refractivity contribution >= 4 is 11.6 Å². The summed E-state index contributed by atoms with van der Waals surface area (Å²) < 4.78 is 11.1. The van der Waals surface area contributed by atoms with E-state index >= 15 is 0 Å². The van der Waals surface area contributed by atoms with Gasteiger partial charge in [0, 0.05) is 18.2 Å². The Morgan fingerprint density at radius 3 is 2.18 bits per heavy atom. The van der Waals surface area contributed by atoms with Gasteiger partial charge in [0.25, 0.3) is 0 Å². The van der Waals surface area contributed by atoms with Crippen molar-refractivity contribution in [2.75, 3.05) is 25.5 Å². The Morgan fingerprint density at radius 2 is 1.56 bits per heavy atom. The molecule has 5 heteroatoms. The third kappa shape index (κ3) is 6.39. The zero-order valence-corrected chi connectivity index (χ0v) is 20.3. The van der Waals surface area contributed by atoms with Crippen molar-refractivity contribution in [2.24, 2.45) is 5.92 Å². The number of ether oxygens (including phenoxy) is 2. The molecular weight excluding hydrogens is 424 g/mol. The number of carbonyl (C=O) groups is 1. The number of benzene rings is 3. The molecule has 0 aromatic heterocycles. The molecule has 1 amide bonds. The maximum absolute atomic E-state index is 12.0. The van der Waals surface area contributed by atoms with Gasteiger partial charge < -0.3 is 14.8 Å². The molecule has 1 aliphatic rings. The smallest absolute Gasteiger partial charge is 0.226 e. The van der Waals surface area contributed by atoms with Gasteiger partial charge >= 0.3 is 0 Å². The number of hydrogen-bond donors (Lipinski definition) is 1. The number of nitrogens with zero attached hydrogens (tertiary/aromatic N) is 1. The number of hydrogen-bond acceptors (Lipinski definition) is 4. The molecule has 1 fully saturated rings. The molecule has 0 atom stereocenters. The normalized spacial score (nSPS) is 14.7. The van der Waals surface area contributed by atoms with Crippen LogP contribution in [-0.4, -0.2) is 31.0 Å². The van der Waals surface area contributed by atoms with Gasteiger partial charge in [-0.2, -0.15) is 0 Å². The van der Waals surface area contributed by atoms with Crippen molar-refractivity contribution in [3.8, 4) is 17.2 Å². The minimum Gasteiger partial charge on any atom is -0.497 e. The third-order valence-electron chi connectivity index (χ3n) is 6.36. The highest BCUT2D eigenvalue weighted by Gasteiger charge is 2.21. The molecule has 1 aliphatic heterocycles.